The molecular weight excluding hydrogens is 336 g/mol. The summed E-state index contributed by atoms with van der Waals surface area (Å²) in [5.41, 5.74) is 2.95. The third-order valence-electron chi connectivity index (χ3n) is 5.59. The van der Waals surface area contributed by atoms with Gasteiger partial charge in [0, 0.05) is 29.4 Å². The van der Waals surface area contributed by atoms with Gasteiger partial charge >= 0.3 is 0 Å². The Bertz CT molecular complexity index is 1110. The van der Waals surface area contributed by atoms with E-state index >= 15 is 0 Å². The van der Waals surface area contributed by atoms with Crippen molar-refractivity contribution < 1.29 is 10.2 Å². The molecule has 0 aliphatic rings. The minimum atomic E-state index is -0.716. The Morgan fingerprint density at radius 2 is 1.59 bits per heavy atom. The van der Waals surface area contributed by atoms with Gasteiger partial charge in [0.05, 0.1) is 24.3 Å². The summed E-state index contributed by atoms with van der Waals surface area (Å²) in [5.74, 6) is 0. The van der Waals surface area contributed by atoms with E-state index < -0.39 is 5.54 Å². The summed E-state index contributed by atoms with van der Waals surface area (Å²) < 4.78 is 2.36. The zero-order chi connectivity index (χ0) is 19.0. The first-order chi connectivity index (χ1) is 13.1. The highest BCUT2D eigenvalue weighted by atomic mass is 16.3. The van der Waals surface area contributed by atoms with Crippen molar-refractivity contribution in [1.29, 1.82) is 0 Å². The van der Waals surface area contributed by atoms with Crippen molar-refractivity contribution in [2.45, 2.75) is 32.5 Å². The number of benzene rings is 3. The molecule has 0 atom stereocenters. The third-order valence-corrected chi connectivity index (χ3v) is 5.59. The van der Waals surface area contributed by atoms with Crippen LogP contribution in [0.25, 0.3) is 32.6 Å². The Morgan fingerprint density at radius 3 is 2.30 bits per heavy atom. The quantitative estimate of drug-likeness (QED) is 0.489. The lowest BCUT2D eigenvalue weighted by atomic mass is 9.98. The fourth-order valence-electron chi connectivity index (χ4n) is 3.95. The summed E-state index contributed by atoms with van der Waals surface area (Å²) in [6.45, 7) is 5.23. The summed E-state index contributed by atoms with van der Waals surface area (Å²) in [6.07, 6.45) is 0. The predicted molar refractivity (Wildman–Crippen MR) is 112 cm³/mol. The molecule has 4 nitrogen and oxygen atoms in total. The van der Waals surface area contributed by atoms with Crippen molar-refractivity contribution in [2.24, 2.45) is 0 Å². The van der Waals surface area contributed by atoms with E-state index in [-0.39, 0.29) is 13.2 Å². The zero-order valence-corrected chi connectivity index (χ0v) is 15.9. The Balaban J connectivity index is 2.03. The number of hydrogen-bond acceptors (Lipinski definition) is 3. The lowest BCUT2D eigenvalue weighted by Crippen LogP contribution is -2.48. The number of nitrogens with zero attached hydrogens (tertiary/aromatic N) is 1. The Hall–Kier alpha value is -2.40. The smallest absolute Gasteiger partial charge is 0.0633 e. The topological polar surface area (TPSA) is 57.4 Å². The molecule has 0 amide bonds. The predicted octanol–water partition coefficient (Wildman–Crippen LogP) is 3.80. The van der Waals surface area contributed by atoms with Crippen LogP contribution < -0.4 is 5.32 Å². The second kappa shape index (κ2) is 6.97. The van der Waals surface area contributed by atoms with Crippen LogP contribution in [0.2, 0.25) is 0 Å². The van der Waals surface area contributed by atoms with Gasteiger partial charge < -0.3 is 20.1 Å². The van der Waals surface area contributed by atoms with Gasteiger partial charge in [-0.05, 0) is 42.3 Å². The molecule has 0 bridgehead atoms. The van der Waals surface area contributed by atoms with Gasteiger partial charge in [0.2, 0.25) is 0 Å². The number of hydrogen-bond donors (Lipinski definition) is 3. The monoisotopic (exact) mass is 362 g/mol. The van der Waals surface area contributed by atoms with Crippen molar-refractivity contribution in [3.63, 3.8) is 0 Å². The number of aliphatic hydroxyl groups is 2. The fourth-order valence-corrected chi connectivity index (χ4v) is 3.95. The van der Waals surface area contributed by atoms with Crippen molar-refractivity contribution in [3.8, 4) is 0 Å². The molecule has 4 rings (SSSR count). The molecule has 0 aliphatic carbocycles. The molecule has 0 radical (unpaired) electrons. The highest BCUT2D eigenvalue weighted by Crippen LogP contribution is 2.36. The maximum atomic E-state index is 9.68. The first kappa shape index (κ1) is 18.0. The molecule has 140 valence electrons. The molecule has 0 aliphatic heterocycles. The summed E-state index contributed by atoms with van der Waals surface area (Å²) in [4.78, 5) is 0. The number of aryl methyl sites for hydroxylation is 1. The SMILES string of the molecule is CCn1c2ccccc2c2cc3ccccc3c(CNC(C)(CO)CO)c21. The van der Waals surface area contributed by atoms with Crippen LogP contribution in [0.3, 0.4) is 0 Å². The Labute approximate surface area is 159 Å². The van der Waals surface area contributed by atoms with Crippen molar-refractivity contribution in [3.05, 3.63) is 60.2 Å². The fraction of sp³-hybridized carbons (Fsp3) is 0.304. The molecule has 0 saturated heterocycles. The molecule has 4 aromatic rings. The molecule has 0 unspecified atom stereocenters. The number of aliphatic hydroxyl groups excluding tert-OH is 2. The van der Waals surface area contributed by atoms with E-state index in [0.29, 0.717) is 6.54 Å². The van der Waals surface area contributed by atoms with Crippen LogP contribution in [0, 0.1) is 0 Å². The van der Waals surface area contributed by atoms with Crippen molar-refractivity contribution in [2.75, 3.05) is 13.2 Å². The van der Waals surface area contributed by atoms with Gasteiger partial charge in [-0.15, -0.1) is 0 Å². The number of fused-ring (bicyclic) bond motifs is 4. The van der Waals surface area contributed by atoms with Crippen LogP contribution in [0.1, 0.15) is 19.4 Å². The van der Waals surface area contributed by atoms with Gasteiger partial charge in [-0.1, -0.05) is 42.5 Å². The van der Waals surface area contributed by atoms with Crippen LogP contribution >= 0.6 is 0 Å². The molecule has 27 heavy (non-hydrogen) atoms. The maximum absolute atomic E-state index is 9.68. The zero-order valence-electron chi connectivity index (χ0n) is 15.9. The number of rotatable bonds is 6. The van der Waals surface area contributed by atoms with Crippen LogP contribution in [0.4, 0.5) is 0 Å². The molecule has 4 heteroatoms. The van der Waals surface area contributed by atoms with Gasteiger partial charge in [0.1, 0.15) is 0 Å². The molecule has 3 N–H and O–H groups in total. The first-order valence-corrected chi connectivity index (χ1v) is 9.50. The summed E-state index contributed by atoms with van der Waals surface area (Å²) in [6, 6.07) is 19.2. The normalized spacial score (nSPS) is 12.4. The summed E-state index contributed by atoms with van der Waals surface area (Å²) >= 11 is 0. The lowest BCUT2D eigenvalue weighted by Gasteiger charge is -2.27. The van der Waals surface area contributed by atoms with Crippen LogP contribution in [0.5, 0.6) is 0 Å². The molecule has 1 aromatic heterocycles. The highest BCUT2D eigenvalue weighted by Gasteiger charge is 2.23. The Morgan fingerprint density at radius 1 is 0.926 bits per heavy atom. The summed E-state index contributed by atoms with van der Waals surface area (Å²) in [7, 11) is 0. The van der Waals surface area contributed by atoms with E-state index in [4.69, 9.17) is 0 Å². The van der Waals surface area contributed by atoms with Crippen LogP contribution in [0.15, 0.2) is 54.6 Å². The van der Waals surface area contributed by atoms with E-state index in [1.54, 1.807) is 0 Å². The van der Waals surface area contributed by atoms with Crippen molar-refractivity contribution >= 4 is 32.6 Å². The number of aromatic nitrogens is 1. The van der Waals surface area contributed by atoms with Gasteiger partial charge in [-0.25, -0.2) is 0 Å². The van der Waals surface area contributed by atoms with Gasteiger partial charge in [-0.3, -0.25) is 0 Å². The number of nitrogens with one attached hydrogen (secondary N) is 1. The van der Waals surface area contributed by atoms with E-state index in [1.807, 2.05) is 6.92 Å². The Kier molecular flexibility index (Phi) is 4.64. The average Bonchev–Trinajstić information content (AvgIpc) is 3.04. The second-order valence-electron chi connectivity index (χ2n) is 7.46. The molecular formula is C23H26N2O2. The molecule has 0 saturated carbocycles. The van der Waals surface area contributed by atoms with Crippen LogP contribution in [-0.2, 0) is 13.1 Å². The van der Waals surface area contributed by atoms with Gasteiger partial charge in [0.25, 0.3) is 0 Å². The van der Waals surface area contributed by atoms with E-state index in [1.165, 1.54) is 38.1 Å². The van der Waals surface area contributed by atoms with E-state index in [0.717, 1.165) is 6.54 Å². The standard InChI is InChI=1S/C23H26N2O2/c1-3-25-21-11-7-6-10-18(21)19-12-16-8-4-5-9-17(16)20(22(19)25)13-24-23(2,14-26)15-27/h4-12,24,26-27H,3,13-15H2,1-2H3. The average molecular weight is 362 g/mol. The lowest BCUT2D eigenvalue weighted by molar-refractivity contribution is 0.103. The van der Waals surface area contributed by atoms with Crippen molar-refractivity contribution in [1.82, 2.24) is 9.88 Å². The second-order valence-corrected chi connectivity index (χ2v) is 7.46. The molecule has 0 fully saturated rings. The van der Waals surface area contributed by atoms with E-state index in [2.05, 4.69) is 71.4 Å². The van der Waals surface area contributed by atoms with Gasteiger partial charge in [-0.2, -0.15) is 0 Å². The minimum Gasteiger partial charge on any atom is -0.394 e. The first-order valence-electron chi connectivity index (χ1n) is 9.50. The maximum Gasteiger partial charge on any atom is 0.0633 e. The molecule has 1 heterocycles. The van der Waals surface area contributed by atoms with E-state index in [9.17, 15) is 10.2 Å². The van der Waals surface area contributed by atoms with Gasteiger partial charge in [0.15, 0.2) is 0 Å². The highest BCUT2D eigenvalue weighted by molar-refractivity contribution is 6.14. The molecule has 0 spiro atoms. The third kappa shape index (κ3) is 2.90. The summed E-state index contributed by atoms with van der Waals surface area (Å²) in [5, 5.41) is 27.6. The largest absolute Gasteiger partial charge is 0.394 e. The molecule has 3 aromatic carbocycles. The number of para-hydroxylation sites is 1. The minimum absolute atomic E-state index is 0.117. The van der Waals surface area contributed by atoms with Crippen LogP contribution in [-0.4, -0.2) is 33.5 Å².